The van der Waals surface area contributed by atoms with E-state index in [0.717, 1.165) is 13.3 Å². The van der Waals surface area contributed by atoms with E-state index in [-0.39, 0.29) is 0 Å². The van der Waals surface area contributed by atoms with Crippen LogP contribution in [-0.2, 0) is 4.74 Å². The lowest BCUT2D eigenvalue weighted by atomic mass is 10.4. The Hall–Kier alpha value is -0.880. The van der Waals surface area contributed by atoms with Crippen LogP contribution in [0, 0.1) is 15.3 Å². The lowest BCUT2D eigenvalue weighted by Crippen LogP contribution is -2.47. The van der Waals surface area contributed by atoms with E-state index in [9.17, 15) is 0 Å². The maximum absolute atomic E-state index is 8.25. The van der Waals surface area contributed by atoms with E-state index in [0.29, 0.717) is 0 Å². The Bertz CT molecular complexity index is 189. The highest BCUT2D eigenvalue weighted by Crippen LogP contribution is 2.19. The summed E-state index contributed by atoms with van der Waals surface area (Å²) in [6, 6.07) is 0. The second kappa shape index (κ2) is 8.29. The molecule has 0 aromatic rings. The third kappa shape index (κ3) is 6.58. The van der Waals surface area contributed by atoms with E-state index in [2.05, 4.69) is 13.8 Å². The van der Waals surface area contributed by atoms with Crippen molar-refractivity contribution in [2.75, 3.05) is 33.0 Å². The predicted molar refractivity (Wildman–Crippen MR) is 61.2 cm³/mol. The van der Waals surface area contributed by atoms with Gasteiger partial charge < -0.3 is 24.5 Å². The topological polar surface area (TPSA) is 75.4 Å². The van der Waals surface area contributed by atoms with Gasteiger partial charge in [-0.15, -0.1) is 0 Å². The smallest absolute Gasteiger partial charge is 0.183 e. The van der Waals surface area contributed by atoms with Crippen molar-refractivity contribution in [2.24, 2.45) is 0 Å². The minimum Gasteiger partial charge on any atom is -0.356 e. The fourth-order valence-electron chi connectivity index (χ4n) is 2.18. The van der Waals surface area contributed by atoms with Crippen molar-refractivity contribution in [1.82, 2.24) is 0 Å². The molecule has 0 aromatic heterocycles. The zero-order valence-corrected chi connectivity index (χ0v) is 10.2. The van der Waals surface area contributed by atoms with Gasteiger partial charge in [0.1, 0.15) is 0 Å². The second-order valence-corrected chi connectivity index (χ2v) is 4.07. The van der Waals surface area contributed by atoms with Crippen LogP contribution in [0.5, 0.6) is 0 Å². The molecule has 6 heteroatoms. The van der Waals surface area contributed by atoms with Crippen molar-refractivity contribution >= 4 is 0 Å². The summed E-state index contributed by atoms with van der Waals surface area (Å²) < 4.78 is 6.77. The van der Waals surface area contributed by atoms with Crippen molar-refractivity contribution in [3.8, 4) is 0 Å². The monoisotopic (exact) mass is 234 g/mol. The molecule has 1 aliphatic rings. The molecule has 0 N–H and O–H groups in total. The summed E-state index contributed by atoms with van der Waals surface area (Å²) in [7, 11) is 0. The third-order valence-corrected chi connectivity index (χ3v) is 2.78. The van der Waals surface area contributed by atoms with Crippen LogP contribution < -0.4 is 0 Å². The normalized spacial score (nSPS) is 17.6. The Morgan fingerprint density at radius 3 is 2.12 bits per heavy atom. The molecule has 6 nitrogen and oxygen atoms in total. The largest absolute Gasteiger partial charge is 0.356 e. The van der Waals surface area contributed by atoms with Crippen molar-refractivity contribution in [2.45, 2.75) is 33.1 Å². The number of ether oxygens (including phenoxy) is 1. The van der Waals surface area contributed by atoms with Gasteiger partial charge >= 0.3 is 0 Å². The van der Waals surface area contributed by atoms with Gasteiger partial charge in [0.15, 0.2) is 6.73 Å². The Kier molecular flexibility index (Phi) is 7.84. The average Bonchev–Trinajstić information content (AvgIpc) is 2.64. The summed E-state index contributed by atoms with van der Waals surface area (Å²) in [5.74, 6) is 0. The van der Waals surface area contributed by atoms with Gasteiger partial charge in [0, 0.05) is 19.4 Å². The highest BCUT2D eigenvalue weighted by molar-refractivity contribution is 4.52. The van der Waals surface area contributed by atoms with E-state index < -0.39 is 5.09 Å². The zero-order valence-electron chi connectivity index (χ0n) is 10.2. The molecule has 0 saturated carbocycles. The Labute approximate surface area is 96.5 Å². The van der Waals surface area contributed by atoms with Crippen LogP contribution >= 0.6 is 0 Å². The third-order valence-electron chi connectivity index (χ3n) is 2.78. The van der Waals surface area contributed by atoms with Crippen LogP contribution in [0.3, 0.4) is 0 Å². The predicted octanol–water partition coefficient (Wildman–Crippen LogP) is 1.76. The van der Waals surface area contributed by atoms with E-state index in [4.69, 9.17) is 20.1 Å². The van der Waals surface area contributed by atoms with Gasteiger partial charge in [-0.2, -0.15) is 0 Å². The Balaban J connectivity index is 0.000000487. The summed E-state index contributed by atoms with van der Waals surface area (Å²) in [5, 5.41) is 14.8. The van der Waals surface area contributed by atoms with E-state index >= 15 is 0 Å². The summed E-state index contributed by atoms with van der Waals surface area (Å²) in [4.78, 5) is 8.25. The molecule has 0 amide bonds. The van der Waals surface area contributed by atoms with Crippen LogP contribution in [0.25, 0.3) is 0 Å². The molecule has 1 fully saturated rings. The number of rotatable bonds is 5. The molecule has 0 radical (unpaired) electrons. The molecule has 0 aliphatic carbocycles. The molecule has 16 heavy (non-hydrogen) atoms. The Morgan fingerprint density at radius 1 is 1.25 bits per heavy atom. The molecule has 0 atom stereocenters. The molecule has 0 spiro atoms. The highest BCUT2D eigenvalue weighted by Gasteiger charge is 2.30. The highest BCUT2D eigenvalue weighted by atomic mass is 16.9. The number of hydrogen-bond acceptors (Lipinski definition) is 4. The minimum atomic E-state index is -1.75. The van der Waals surface area contributed by atoms with Gasteiger partial charge in [0.05, 0.1) is 24.7 Å². The summed E-state index contributed by atoms with van der Waals surface area (Å²) in [6.07, 6.45) is 4.08. The molecule has 96 valence electrons. The average molecular weight is 234 g/mol. The molecular weight excluding hydrogens is 212 g/mol. The van der Waals surface area contributed by atoms with Gasteiger partial charge in [0.2, 0.25) is 0 Å². The summed E-state index contributed by atoms with van der Waals surface area (Å²) in [5.41, 5.74) is 0. The fraction of sp³-hybridized carbons (Fsp3) is 1.00. The molecule has 0 aromatic carbocycles. The van der Waals surface area contributed by atoms with Crippen molar-refractivity contribution in [3.05, 3.63) is 15.3 Å². The molecule has 0 bridgehead atoms. The first kappa shape index (κ1) is 15.1. The standard InChI is InChI=1S/C10H22NO.NO3/c1-3-7-11(10-12-4-2)8-5-6-9-11;2-1(3)4/h3-10H2,1-2H3;/q+1;-1. The second-order valence-electron chi connectivity index (χ2n) is 4.07. The number of quaternary nitrogens is 1. The number of nitrogens with zero attached hydrogens (tertiary/aromatic N) is 2. The molecule has 1 heterocycles. The fourth-order valence-corrected chi connectivity index (χ4v) is 2.18. The molecule has 1 aliphatic heterocycles. The maximum Gasteiger partial charge on any atom is 0.183 e. The summed E-state index contributed by atoms with van der Waals surface area (Å²) >= 11 is 0. The Morgan fingerprint density at radius 2 is 1.75 bits per heavy atom. The van der Waals surface area contributed by atoms with Crippen molar-refractivity contribution < 1.29 is 14.3 Å². The first-order valence-electron chi connectivity index (χ1n) is 5.80. The zero-order chi connectivity index (χ0) is 12.4. The maximum atomic E-state index is 8.25. The first-order valence-corrected chi connectivity index (χ1v) is 5.80. The van der Waals surface area contributed by atoms with Crippen LogP contribution in [-0.4, -0.2) is 42.5 Å². The van der Waals surface area contributed by atoms with Gasteiger partial charge in [-0.05, 0) is 13.3 Å². The number of likely N-dealkylation sites (tertiary alicyclic amines) is 1. The van der Waals surface area contributed by atoms with E-state index in [1.165, 1.54) is 43.4 Å². The quantitative estimate of drug-likeness (QED) is 0.412. The molecule has 0 unspecified atom stereocenters. The SMILES string of the molecule is CCC[N+]1(COCC)CCCC1.O=[N+]([O-])[O-]. The van der Waals surface area contributed by atoms with Gasteiger partial charge in [-0.3, -0.25) is 0 Å². The van der Waals surface area contributed by atoms with Crippen molar-refractivity contribution in [3.63, 3.8) is 0 Å². The van der Waals surface area contributed by atoms with E-state index in [1.807, 2.05) is 0 Å². The van der Waals surface area contributed by atoms with Crippen LogP contribution in [0.15, 0.2) is 0 Å². The van der Waals surface area contributed by atoms with Gasteiger partial charge in [0.25, 0.3) is 0 Å². The molecule has 1 saturated heterocycles. The molecular formula is C10H22N2O4. The minimum absolute atomic E-state index is 0.865. The van der Waals surface area contributed by atoms with E-state index in [1.54, 1.807) is 0 Å². The van der Waals surface area contributed by atoms with Crippen molar-refractivity contribution in [1.29, 1.82) is 0 Å². The lowest BCUT2D eigenvalue weighted by molar-refractivity contribution is -0.935. The molecule has 1 rings (SSSR count). The lowest BCUT2D eigenvalue weighted by Gasteiger charge is -2.33. The van der Waals surface area contributed by atoms with Gasteiger partial charge in [-0.1, -0.05) is 6.92 Å². The first-order chi connectivity index (χ1) is 7.56. The van der Waals surface area contributed by atoms with Crippen LogP contribution in [0.4, 0.5) is 0 Å². The van der Waals surface area contributed by atoms with Gasteiger partial charge in [-0.25, -0.2) is 0 Å². The number of hydrogen-bond donors (Lipinski definition) is 0. The van der Waals surface area contributed by atoms with Crippen LogP contribution in [0.2, 0.25) is 0 Å². The van der Waals surface area contributed by atoms with Crippen LogP contribution in [0.1, 0.15) is 33.1 Å². The summed E-state index contributed by atoms with van der Waals surface area (Å²) in [6.45, 7) is 10.2.